The summed E-state index contributed by atoms with van der Waals surface area (Å²) in [5, 5.41) is 4.60. The highest BCUT2D eigenvalue weighted by Crippen LogP contribution is 2.35. The molecule has 2 atom stereocenters. The highest BCUT2D eigenvalue weighted by Gasteiger charge is 2.34. The Bertz CT molecular complexity index is 1130. The van der Waals surface area contributed by atoms with Crippen LogP contribution in [0.1, 0.15) is 60.9 Å². The van der Waals surface area contributed by atoms with Crippen molar-refractivity contribution in [1.82, 2.24) is 10.3 Å². The van der Waals surface area contributed by atoms with Gasteiger partial charge in [-0.2, -0.15) is 0 Å². The number of hydrogen-bond acceptors (Lipinski definition) is 5. The third-order valence-electron chi connectivity index (χ3n) is 5.78. The van der Waals surface area contributed by atoms with Crippen molar-refractivity contribution in [3.8, 4) is 0 Å². The Kier molecular flexibility index (Phi) is 6.84. The number of nitrogens with one attached hydrogen (secondary N) is 2. The van der Waals surface area contributed by atoms with E-state index < -0.39 is 6.04 Å². The van der Waals surface area contributed by atoms with Gasteiger partial charge in [0.25, 0.3) is 0 Å². The topological polar surface area (TPSA) is 80.4 Å². The largest absolute Gasteiger partial charge is 0.464 e. The molecule has 3 aromatic rings. The summed E-state index contributed by atoms with van der Waals surface area (Å²) >= 11 is 0. The van der Waals surface area contributed by atoms with Gasteiger partial charge in [0, 0.05) is 23.0 Å². The molecular weight excluding hydrogens is 416 g/mol. The van der Waals surface area contributed by atoms with Gasteiger partial charge in [0.15, 0.2) is 0 Å². The molecule has 2 aromatic carbocycles. The molecule has 174 valence electrons. The van der Waals surface area contributed by atoms with Gasteiger partial charge < -0.3 is 14.5 Å². The fraction of sp³-hybridized carbons (Fsp3) is 0.407. The van der Waals surface area contributed by atoms with Crippen molar-refractivity contribution in [3.05, 3.63) is 70.9 Å². The predicted octanol–water partition coefficient (Wildman–Crippen LogP) is 4.78. The van der Waals surface area contributed by atoms with E-state index in [9.17, 15) is 9.59 Å². The first-order valence-electron chi connectivity index (χ1n) is 11.6. The summed E-state index contributed by atoms with van der Waals surface area (Å²) in [5.74, 6) is -0.000675. The lowest BCUT2D eigenvalue weighted by molar-refractivity contribution is -0.147. The molecule has 1 aromatic heterocycles. The lowest BCUT2D eigenvalue weighted by Gasteiger charge is -2.31. The van der Waals surface area contributed by atoms with E-state index in [-0.39, 0.29) is 29.8 Å². The number of esters is 2. The zero-order chi connectivity index (χ0) is 23.5. The Hall–Kier alpha value is -3.12. The molecule has 0 saturated heterocycles. The molecular formula is C27H32N2O4. The van der Waals surface area contributed by atoms with E-state index in [2.05, 4.69) is 16.4 Å². The molecule has 2 N–H and O–H groups in total. The lowest BCUT2D eigenvalue weighted by Crippen LogP contribution is -2.46. The first kappa shape index (κ1) is 23.1. The molecule has 1 aliphatic rings. The van der Waals surface area contributed by atoms with Crippen molar-refractivity contribution in [2.75, 3.05) is 13.2 Å². The minimum Gasteiger partial charge on any atom is -0.464 e. The summed E-state index contributed by atoms with van der Waals surface area (Å²) in [7, 11) is 0. The fourth-order valence-corrected chi connectivity index (χ4v) is 4.14. The van der Waals surface area contributed by atoms with E-state index in [1.54, 1.807) is 12.1 Å². The minimum absolute atomic E-state index is 0.224. The van der Waals surface area contributed by atoms with Gasteiger partial charge in [-0.15, -0.1) is 0 Å². The van der Waals surface area contributed by atoms with Crippen LogP contribution in [0.2, 0.25) is 0 Å². The monoisotopic (exact) mass is 448 g/mol. The van der Waals surface area contributed by atoms with Gasteiger partial charge in [0.2, 0.25) is 0 Å². The average molecular weight is 449 g/mol. The number of benzene rings is 2. The third kappa shape index (κ3) is 5.11. The van der Waals surface area contributed by atoms with Gasteiger partial charge in [-0.25, -0.2) is 4.79 Å². The van der Waals surface area contributed by atoms with Gasteiger partial charge in [-0.1, -0.05) is 58.0 Å². The Morgan fingerprint density at radius 3 is 2.30 bits per heavy atom. The highest BCUT2D eigenvalue weighted by atomic mass is 16.5. The quantitative estimate of drug-likeness (QED) is 0.508. The van der Waals surface area contributed by atoms with Crippen molar-refractivity contribution in [1.29, 1.82) is 0 Å². The summed E-state index contributed by atoms with van der Waals surface area (Å²) < 4.78 is 10.9. The van der Waals surface area contributed by atoms with Crippen LogP contribution in [0.25, 0.3) is 10.9 Å². The molecule has 6 nitrogen and oxygen atoms in total. The number of ether oxygens (including phenoxy) is 2. The maximum absolute atomic E-state index is 12.9. The summed E-state index contributed by atoms with van der Waals surface area (Å²) in [6.45, 7) is 8.85. The van der Waals surface area contributed by atoms with Crippen LogP contribution in [0.3, 0.4) is 0 Å². The number of hydrogen-bond donors (Lipinski definition) is 2. The second-order valence-corrected chi connectivity index (χ2v) is 9.56. The minimum atomic E-state index is -0.448. The molecule has 1 aliphatic heterocycles. The van der Waals surface area contributed by atoms with E-state index in [0.29, 0.717) is 25.2 Å². The number of aromatic amines is 1. The van der Waals surface area contributed by atoms with E-state index >= 15 is 0 Å². The molecule has 0 saturated carbocycles. The number of fused-ring (bicyclic) bond motifs is 3. The molecule has 33 heavy (non-hydrogen) atoms. The molecule has 6 heteroatoms. The van der Waals surface area contributed by atoms with Crippen LogP contribution >= 0.6 is 0 Å². The van der Waals surface area contributed by atoms with Gasteiger partial charge in [-0.3, -0.25) is 10.1 Å². The van der Waals surface area contributed by atoms with Gasteiger partial charge in [-0.05, 0) is 41.2 Å². The van der Waals surface area contributed by atoms with Crippen LogP contribution in [0.15, 0.2) is 48.5 Å². The van der Waals surface area contributed by atoms with Crippen LogP contribution < -0.4 is 5.32 Å². The molecule has 2 heterocycles. The van der Waals surface area contributed by atoms with Crippen LogP contribution in [-0.2, 0) is 20.7 Å². The maximum Gasteiger partial charge on any atom is 0.338 e. The van der Waals surface area contributed by atoms with Crippen LogP contribution in [-0.4, -0.2) is 36.2 Å². The molecule has 0 bridgehead atoms. The number of H-pyrrole nitrogens is 1. The van der Waals surface area contributed by atoms with Gasteiger partial charge in [0.05, 0.1) is 24.8 Å². The first-order chi connectivity index (χ1) is 15.8. The van der Waals surface area contributed by atoms with Crippen molar-refractivity contribution in [3.63, 3.8) is 0 Å². The molecule has 0 fully saturated rings. The van der Waals surface area contributed by atoms with E-state index in [0.717, 1.165) is 27.7 Å². The third-order valence-corrected chi connectivity index (χ3v) is 5.78. The first-order valence-corrected chi connectivity index (χ1v) is 11.6. The van der Waals surface area contributed by atoms with E-state index in [1.165, 1.54) is 0 Å². The Morgan fingerprint density at radius 2 is 1.61 bits per heavy atom. The smallest absolute Gasteiger partial charge is 0.338 e. The Balaban J connectivity index is 1.63. The molecule has 0 spiro atoms. The second-order valence-electron chi connectivity index (χ2n) is 9.56. The van der Waals surface area contributed by atoms with E-state index in [4.69, 9.17) is 9.47 Å². The maximum atomic E-state index is 12.9. The summed E-state index contributed by atoms with van der Waals surface area (Å²) in [5.41, 5.74) is 4.68. The predicted molar refractivity (Wildman–Crippen MR) is 128 cm³/mol. The molecule has 0 amide bonds. The van der Waals surface area contributed by atoms with Crippen molar-refractivity contribution in [2.45, 2.75) is 46.2 Å². The molecule has 0 aliphatic carbocycles. The zero-order valence-electron chi connectivity index (χ0n) is 19.7. The molecule has 4 rings (SSSR count). The van der Waals surface area contributed by atoms with Crippen LogP contribution in [0, 0.1) is 11.8 Å². The average Bonchev–Trinajstić information content (AvgIpc) is 3.19. The summed E-state index contributed by atoms with van der Waals surface area (Å²) in [4.78, 5) is 28.7. The highest BCUT2D eigenvalue weighted by molar-refractivity contribution is 5.90. The van der Waals surface area contributed by atoms with E-state index in [1.807, 2.05) is 58.0 Å². The lowest BCUT2D eigenvalue weighted by atomic mass is 9.90. The van der Waals surface area contributed by atoms with Crippen molar-refractivity contribution < 1.29 is 19.1 Å². The summed E-state index contributed by atoms with van der Waals surface area (Å²) in [6.07, 6.45) is 0.562. The number of carbonyl (C=O) groups is 2. The SMILES string of the molecule is CC(C)COC(=O)c1ccc([C@@H]2N[C@@H](C(=O)OCC(C)C)Cc3c2[nH]c2ccccc32)cc1. The second kappa shape index (κ2) is 9.79. The number of carbonyl (C=O) groups excluding carboxylic acids is 2. The van der Waals surface area contributed by atoms with Crippen LogP contribution in [0.5, 0.6) is 0 Å². The molecule has 0 radical (unpaired) electrons. The number of rotatable bonds is 7. The standard InChI is InChI=1S/C27H32N2O4/c1-16(2)14-32-26(30)19-11-9-18(10-12-19)24-25-21(20-7-5-6-8-22(20)28-25)13-23(29-24)27(31)33-15-17(3)4/h5-12,16-17,23-24,28-29H,13-15H2,1-4H3/t23-,24+/m1/s1. The van der Waals surface area contributed by atoms with Gasteiger partial charge >= 0.3 is 11.9 Å². The molecule has 0 unspecified atom stereocenters. The number of aromatic nitrogens is 1. The Morgan fingerprint density at radius 1 is 0.939 bits per heavy atom. The van der Waals surface area contributed by atoms with Gasteiger partial charge in [0.1, 0.15) is 6.04 Å². The fourth-order valence-electron chi connectivity index (χ4n) is 4.14. The van der Waals surface area contributed by atoms with Crippen molar-refractivity contribution in [2.24, 2.45) is 11.8 Å². The summed E-state index contributed by atoms with van der Waals surface area (Å²) in [6, 6.07) is 14.9. The Labute approximate surface area is 194 Å². The zero-order valence-corrected chi connectivity index (χ0v) is 19.7. The normalized spacial score (nSPS) is 17.9. The number of para-hydroxylation sites is 1. The van der Waals surface area contributed by atoms with Crippen LogP contribution in [0.4, 0.5) is 0 Å². The van der Waals surface area contributed by atoms with Crippen molar-refractivity contribution >= 4 is 22.8 Å².